The van der Waals surface area contributed by atoms with Gasteiger partial charge in [-0.2, -0.15) is 0 Å². The minimum absolute atomic E-state index is 0.0257. The summed E-state index contributed by atoms with van der Waals surface area (Å²) in [6.45, 7) is 5.70. The van der Waals surface area contributed by atoms with Gasteiger partial charge >= 0.3 is 5.97 Å². The first kappa shape index (κ1) is 19.9. The van der Waals surface area contributed by atoms with E-state index in [0.29, 0.717) is 5.92 Å². The summed E-state index contributed by atoms with van der Waals surface area (Å²) < 4.78 is 31.5. The number of sulfonamides is 1. The number of amides is 1. The number of ether oxygens (including phenoxy) is 1. The van der Waals surface area contributed by atoms with Crippen LogP contribution in [0.5, 0.6) is 0 Å². The third-order valence-electron chi connectivity index (χ3n) is 3.70. The van der Waals surface area contributed by atoms with E-state index in [1.54, 1.807) is 13.8 Å². The monoisotopic (exact) mass is 348 g/mol. The van der Waals surface area contributed by atoms with Crippen LogP contribution in [-0.4, -0.2) is 44.7 Å². The first-order valence-electron chi connectivity index (χ1n) is 8.14. The minimum atomic E-state index is -3.65. The summed E-state index contributed by atoms with van der Waals surface area (Å²) in [6.07, 6.45) is 3.43. The van der Waals surface area contributed by atoms with Crippen LogP contribution in [0.2, 0.25) is 0 Å². The molecular formula is C15H28N2O5S. The second-order valence-corrected chi connectivity index (χ2v) is 8.23. The number of carbonyl (C=O) groups is 2. The lowest BCUT2D eigenvalue weighted by molar-refractivity contribution is -0.147. The van der Waals surface area contributed by atoms with Crippen molar-refractivity contribution < 1.29 is 22.7 Å². The number of carbonyl (C=O) groups excluding carboxylic acids is 2. The van der Waals surface area contributed by atoms with Gasteiger partial charge in [0.25, 0.3) is 0 Å². The SMILES string of the molecule is CC1CCC(NS(=O)(=O)CC(=O)NCCC(=O)OC(C)C)CC1. The van der Waals surface area contributed by atoms with Gasteiger partial charge < -0.3 is 10.1 Å². The van der Waals surface area contributed by atoms with E-state index < -0.39 is 27.7 Å². The molecule has 1 aliphatic carbocycles. The predicted molar refractivity (Wildman–Crippen MR) is 87.2 cm³/mol. The Labute approximate surface area is 138 Å². The van der Waals surface area contributed by atoms with Crippen LogP contribution in [-0.2, 0) is 24.3 Å². The number of hydrogen-bond donors (Lipinski definition) is 2. The van der Waals surface area contributed by atoms with Crippen LogP contribution < -0.4 is 10.0 Å². The van der Waals surface area contributed by atoms with Crippen LogP contribution >= 0.6 is 0 Å². The molecule has 7 nitrogen and oxygen atoms in total. The largest absolute Gasteiger partial charge is 0.463 e. The first-order chi connectivity index (χ1) is 10.7. The molecule has 0 aromatic rings. The van der Waals surface area contributed by atoms with Crippen LogP contribution in [0.3, 0.4) is 0 Å². The Morgan fingerprint density at radius 2 is 1.78 bits per heavy atom. The van der Waals surface area contributed by atoms with E-state index in [1.165, 1.54) is 0 Å². The quantitative estimate of drug-likeness (QED) is 0.636. The van der Waals surface area contributed by atoms with Crippen molar-refractivity contribution in [2.75, 3.05) is 12.3 Å². The summed E-state index contributed by atoms with van der Waals surface area (Å²) >= 11 is 0. The van der Waals surface area contributed by atoms with Gasteiger partial charge in [-0.1, -0.05) is 6.92 Å². The molecule has 0 heterocycles. The Hall–Kier alpha value is -1.15. The molecule has 1 fully saturated rings. The van der Waals surface area contributed by atoms with E-state index in [0.717, 1.165) is 25.7 Å². The van der Waals surface area contributed by atoms with Gasteiger partial charge in [-0.3, -0.25) is 9.59 Å². The molecule has 0 bridgehead atoms. The van der Waals surface area contributed by atoms with Gasteiger partial charge in [0.2, 0.25) is 15.9 Å². The van der Waals surface area contributed by atoms with E-state index in [1.807, 2.05) is 0 Å². The summed E-state index contributed by atoms with van der Waals surface area (Å²) in [5.41, 5.74) is 0. The van der Waals surface area contributed by atoms with Gasteiger partial charge in [-0.25, -0.2) is 13.1 Å². The Morgan fingerprint density at radius 3 is 2.35 bits per heavy atom. The van der Waals surface area contributed by atoms with Crippen molar-refractivity contribution in [3.63, 3.8) is 0 Å². The highest BCUT2D eigenvalue weighted by Gasteiger charge is 2.24. The summed E-state index contributed by atoms with van der Waals surface area (Å²) in [4.78, 5) is 23.0. The maximum atomic E-state index is 12.0. The van der Waals surface area contributed by atoms with Gasteiger partial charge in [0.1, 0.15) is 5.75 Å². The molecule has 0 aromatic carbocycles. The predicted octanol–water partition coefficient (Wildman–Crippen LogP) is 0.942. The highest BCUT2D eigenvalue weighted by Crippen LogP contribution is 2.23. The van der Waals surface area contributed by atoms with E-state index in [9.17, 15) is 18.0 Å². The second kappa shape index (κ2) is 9.22. The summed E-state index contributed by atoms with van der Waals surface area (Å²) in [7, 11) is -3.65. The molecule has 1 rings (SSSR count). The third-order valence-corrected chi connectivity index (χ3v) is 5.04. The number of hydrogen-bond acceptors (Lipinski definition) is 5. The van der Waals surface area contributed by atoms with Crippen molar-refractivity contribution in [1.82, 2.24) is 10.0 Å². The lowest BCUT2D eigenvalue weighted by Crippen LogP contribution is -2.42. The van der Waals surface area contributed by atoms with E-state index >= 15 is 0 Å². The van der Waals surface area contributed by atoms with Gasteiger partial charge in [-0.05, 0) is 45.4 Å². The first-order valence-corrected chi connectivity index (χ1v) is 9.79. The Kier molecular flexibility index (Phi) is 7.98. The topological polar surface area (TPSA) is 102 Å². The zero-order valence-corrected chi connectivity index (χ0v) is 14.9. The molecule has 1 aliphatic rings. The zero-order chi connectivity index (χ0) is 17.5. The Balaban J connectivity index is 2.28. The second-order valence-electron chi connectivity index (χ2n) is 6.47. The fourth-order valence-electron chi connectivity index (χ4n) is 2.52. The Bertz CT molecular complexity index is 496. The van der Waals surface area contributed by atoms with Crippen molar-refractivity contribution in [2.45, 2.75) is 65.0 Å². The maximum absolute atomic E-state index is 12.0. The van der Waals surface area contributed by atoms with Crippen LogP contribution in [0.4, 0.5) is 0 Å². The molecule has 1 amide bonds. The van der Waals surface area contributed by atoms with Crippen LogP contribution in [0.1, 0.15) is 52.9 Å². The molecule has 0 spiro atoms. The van der Waals surface area contributed by atoms with Gasteiger partial charge in [0, 0.05) is 12.6 Å². The summed E-state index contributed by atoms with van der Waals surface area (Å²) in [6, 6.07) is -0.0787. The number of nitrogens with one attached hydrogen (secondary N) is 2. The highest BCUT2D eigenvalue weighted by atomic mass is 32.2. The number of esters is 1. The smallest absolute Gasteiger partial charge is 0.307 e. The normalized spacial score (nSPS) is 21.9. The van der Waals surface area contributed by atoms with Gasteiger partial charge in [0.15, 0.2) is 0 Å². The van der Waals surface area contributed by atoms with Crippen LogP contribution in [0, 0.1) is 5.92 Å². The van der Waals surface area contributed by atoms with Gasteiger partial charge in [-0.15, -0.1) is 0 Å². The van der Waals surface area contributed by atoms with Crippen molar-refractivity contribution in [3.8, 4) is 0 Å². The molecule has 0 saturated heterocycles. The van der Waals surface area contributed by atoms with Crippen molar-refractivity contribution >= 4 is 21.9 Å². The van der Waals surface area contributed by atoms with Crippen molar-refractivity contribution in [3.05, 3.63) is 0 Å². The van der Waals surface area contributed by atoms with Crippen molar-refractivity contribution in [2.24, 2.45) is 5.92 Å². The van der Waals surface area contributed by atoms with Gasteiger partial charge in [0.05, 0.1) is 12.5 Å². The molecule has 0 aliphatic heterocycles. The molecule has 1 saturated carbocycles. The maximum Gasteiger partial charge on any atom is 0.307 e. The number of rotatable bonds is 8. The lowest BCUT2D eigenvalue weighted by Gasteiger charge is -2.26. The highest BCUT2D eigenvalue weighted by molar-refractivity contribution is 7.90. The molecule has 0 radical (unpaired) electrons. The average Bonchev–Trinajstić information content (AvgIpc) is 2.39. The van der Waals surface area contributed by atoms with Crippen LogP contribution in [0.25, 0.3) is 0 Å². The fraction of sp³-hybridized carbons (Fsp3) is 0.867. The lowest BCUT2D eigenvalue weighted by atomic mass is 9.88. The molecule has 0 atom stereocenters. The van der Waals surface area contributed by atoms with E-state index in [2.05, 4.69) is 17.0 Å². The molecule has 134 valence electrons. The zero-order valence-electron chi connectivity index (χ0n) is 14.1. The molecular weight excluding hydrogens is 320 g/mol. The molecule has 8 heteroatoms. The third kappa shape index (κ3) is 8.90. The standard InChI is InChI=1S/C15H28N2O5S/c1-11(2)22-15(19)8-9-16-14(18)10-23(20,21)17-13-6-4-12(3)5-7-13/h11-13,17H,4-10H2,1-3H3,(H,16,18). The average molecular weight is 348 g/mol. The summed E-state index contributed by atoms with van der Waals surface area (Å²) in [5.74, 6) is -1.01. The van der Waals surface area contributed by atoms with E-state index in [-0.39, 0.29) is 25.1 Å². The molecule has 23 heavy (non-hydrogen) atoms. The minimum Gasteiger partial charge on any atom is -0.463 e. The molecule has 0 aromatic heterocycles. The van der Waals surface area contributed by atoms with Crippen molar-refractivity contribution in [1.29, 1.82) is 0 Å². The molecule has 2 N–H and O–H groups in total. The van der Waals surface area contributed by atoms with E-state index in [4.69, 9.17) is 4.74 Å². The summed E-state index contributed by atoms with van der Waals surface area (Å²) in [5, 5.41) is 2.43. The Morgan fingerprint density at radius 1 is 1.17 bits per heavy atom. The van der Waals surface area contributed by atoms with Crippen LogP contribution in [0.15, 0.2) is 0 Å². The molecule has 0 unspecified atom stereocenters. The fourth-order valence-corrected chi connectivity index (χ4v) is 3.80.